The van der Waals surface area contributed by atoms with Gasteiger partial charge in [0, 0.05) is 6.42 Å². The van der Waals surface area contributed by atoms with E-state index >= 15 is 0 Å². The number of hydrogen-bond donors (Lipinski definition) is 2. The van der Waals surface area contributed by atoms with Crippen molar-refractivity contribution in [1.29, 1.82) is 0 Å². The van der Waals surface area contributed by atoms with Gasteiger partial charge in [0.2, 0.25) is 5.91 Å². The predicted molar refractivity (Wildman–Crippen MR) is 238 cm³/mol. The molecule has 0 aromatic rings. The van der Waals surface area contributed by atoms with Crippen molar-refractivity contribution in [1.82, 2.24) is 5.32 Å². The van der Waals surface area contributed by atoms with Crippen LogP contribution in [0.2, 0.25) is 0 Å². The summed E-state index contributed by atoms with van der Waals surface area (Å²) < 4.78 is 23.2. The zero-order valence-electron chi connectivity index (χ0n) is 37.3. The highest BCUT2D eigenvalue weighted by atomic mass is 31.2. The molecule has 2 N–H and O–H groups in total. The number of nitrogens with one attached hydrogen (secondary N) is 1. The summed E-state index contributed by atoms with van der Waals surface area (Å²) in [7, 11) is 1.26. The monoisotopic (exact) mass is 811 g/mol. The Morgan fingerprint density at radius 2 is 1.02 bits per heavy atom. The molecule has 0 aliphatic rings. The summed E-state index contributed by atoms with van der Waals surface area (Å²) in [5.41, 5.74) is 0. The third kappa shape index (κ3) is 40.9. The Labute approximate surface area is 347 Å². The molecule has 8 nitrogen and oxygen atoms in total. The number of likely N-dealkylation sites (N-methyl/N-ethyl adjacent to an activating group) is 1. The molecule has 56 heavy (non-hydrogen) atoms. The maximum absolute atomic E-state index is 12.9. The SMILES string of the molecule is CCCCC/C=C\C=C/CCCCCCCCCCCCC(=O)NC(COP(=O)([O-])OCC[N+](C)(C)C)C(O)/C=C/CCCCCCCCCCCCCCC. The molecular weight excluding hydrogens is 719 g/mol. The number of rotatable bonds is 42. The molecule has 0 saturated heterocycles. The molecule has 0 radical (unpaired) electrons. The molecular formula is C47H91N2O6P. The molecule has 0 aliphatic heterocycles. The van der Waals surface area contributed by atoms with Gasteiger partial charge in [0.15, 0.2) is 0 Å². The number of carbonyl (C=O) groups excluding carboxylic acids is 1. The standard InChI is InChI=1S/C47H91N2O6P/c1-6-8-10-12-14-16-18-20-22-23-24-25-27-29-31-33-35-37-39-41-47(51)48-45(44-55-56(52,53)54-43-42-49(3,4)5)46(50)40-38-36-34-32-30-28-26-21-19-17-15-13-11-9-7-2/h14,16,18,20,38,40,45-46,50H,6-13,15,17,19,21-37,39,41-44H2,1-5H3,(H-,48,51,52,53)/b16-14-,20-18-,40-38+. The molecule has 0 aliphatic carbocycles. The number of hydrogen-bond acceptors (Lipinski definition) is 6. The number of allylic oxidation sites excluding steroid dienone is 5. The Morgan fingerprint density at radius 3 is 1.48 bits per heavy atom. The fourth-order valence-corrected chi connectivity index (χ4v) is 7.34. The molecule has 0 fully saturated rings. The molecule has 3 unspecified atom stereocenters. The fourth-order valence-electron chi connectivity index (χ4n) is 6.61. The van der Waals surface area contributed by atoms with Crippen LogP contribution < -0.4 is 10.2 Å². The summed E-state index contributed by atoms with van der Waals surface area (Å²) in [4.78, 5) is 25.3. The normalized spacial score (nSPS) is 14.6. The first-order valence-electron chi connectivity index (χ1n) is 23.4. The Kier molecular flexibility index (Phi) is 38.3. The van der Waals surface area contributed by atoms with Gasteiger partial charge in [-0.25, -0.2) is 0 Å². The van der Waals surface area contributed by atoms with Crippen molar-refractivity contribution in [2.75, 3.05) is 40.9 Å². The van der Waals surface area contributed by atoms with Gasteiger partial charge in [-0.05, 0) is 44.9 Å². The first kappa shape index (κ1) is 54.7. The maximum atomic E-state index is 12.9. The number of quaternary nitrogens is 1. The summed E-state index contributed by atoms with van der Waals surface area (Å²) in [6.45, 7) is 4.62. The van der Waals surface area contributed by atoms with E-state index in [4.69, 9.17) is 9.05 Å². The summed E-state index contributed by atoms with van der Waals surface area (Å²) in [6, 6.07) is -0.886. The van der Waals surface area contributed by atoms with Gasteiger partial charge in [-0.1, -0.05) is 192 Å². The molecule has 1 amide bonds. The average Bonchev–Trinajstić information content (AvgIpc) is 3.15. The van der Waals surface area contributed by atoms with Crippen LogP contribution in [0.5, 0.6) is 0 Å². The van der Waals surface area contributed by atoms with E-state index in [0.29, 0.717) is 17.4 Å². The summed E-state index contributed by atoms with van der Waals surface area (Å²) in [5, 5.41) is 13.8. The highest BCUT2D eigenvalue weighted by Gasteiger charge is 2.23. The first-order valence-corrected chi connectivity index (χ1v) is 24.8. The minimum absolute atomic E-state index is 0.00171. The molecule has 330 valence electrons. The molecule has 3 atom stereocenters. The number of nitrogens with zero attached hydrogens (tertiary/aromatic N) is 1. The van der Waals surface area contributed by atoms with Gasteiger partial charge in [-0.2, -0.15) is 0 Å². The molecule has 0 rings (SSSR count). The number of carbonyl (C=O) groups is 1. The van der Waals surface area contributed by atoms with Crippen LogP contribution in [-0.4, -0.2) is 68.5 Å². The van der Waals surface area contributed by atoms with Crippen molar-refractivity contribution < 1.29 is 32.9 Å². The van der Waals surface area contributed by atoms with Crippen LogP contribution in [0.15, 0.2) is 36.5 Å². The van der Waals surface area contributed by atoms with E-state index in [1.165, 1.54) is 148 Å². The number of aliphatic hydroxyl groups excluding tert-OH is 1. The van der Waals surface area contributed by atoms with Gasteiger partial charge < -0.3 is 28.8 Å². The van der Waals surface area contributed by atoms with Crippen molar-refractivity contribution >= 4 is 13.7 Å². The van der Waals surface area contributed by atoms with E-state index in [2.05, 4.69) is 43.5 Å². The summed E-state index contributed by atoms with van der Waals surface area (Å²) in [6.07, 6.45) is 47.5. The van der Waals surface area contributed by atoms with Gasteiger partial charge in [0.1, 0.15) is 13.2 Å². The quantitative estimate of drug-likeness (QED) is 0.0209. The highest BCUT2D eigenvalue weighted by molar-refractivity contribution is 7.45. The van der Waals surface area contributed by atoms with E-state index in [1.807, 2.05) is 27.2 Å². The first-order chi connectivity index (χ1) is 27.0. The van der Waals surface area contributed by atoms with Crippen molar-refractivity contribution in [2.45, 2.75) is 219 Å². The van der Waals surface area contributed by atoms with Gasteiger partial charge in [0.05, 0.1) is 39.9 Å². The molecule has 0 aromatic carbocycles. The lowest BCUT2D eigenvalue weighted by atomic mass is 10.0. The highest BCUT2D eigenvalue weighted by Crippen LogP contribution is 2.38. The topological polar surface area (TPSA) is 108 Å². The fraction of sp³-hybridized carbons (Fsp3) is 0.851. The number of amides is 1. The second-order valence-electron chi connectivity index (χ2n) is 17.1. The lowest BCUT2D eigenvalue weighted by Crippen LogP contribution is -2.45. The largest absolute Gasteiger partial charge is 0.756 e. The van der Waals surface area contributed by atoms with Crippen molar-refractivity contribution in [2.24, 2.45) is 0 Å². The third-order valence-electron chi connectivity index (χ3n) is 10.4. The molecule has 0 aromatic heterocycles. The van der Waals surface area contributed by atoms with Gasteiger partial charge in [-0.15, -0.1) is 0 Å². The lowest BCUT2D eigenvalue weighted by molar-refractivity contribution is -0.870. The van der Waals surface area contributed by atoms with E-state index in [-0.39, 0.29) is 19.1 Å². The number of aliphatic hydroxyl groups is 1. The van der Waals surface area contributed by atoms with Crippen LogP contribution in [0.1, 0.15) is 206 Å². The minimum Gasteiger partial charge on any atom is -0.756 e. The summed E-state index contributed by atoms with van der Waals surface area (Å²) in [5.74, 6) is -0.202. The maximum Gasteiger partial charge on any atom is 0.268 e. The van der Waals surface area contributed by atoms with Crippen LogP contribution in [-0.2, 0) is 18.4 Å². The van der Waals surface area contributed by atoms with Gasteiger partial charge in [0.25, 0.3) is 7.82 Å². The van der Waals surface area contributed by atoms with Crippen molar-refractivity contribution in [3.63, 3.8) is 0 Å². The van der Waals surface area contributed by atoms with E-state index < -0.39 is 20.0 Å². The molecule has 0 bridgehead atoms. The predicted octanol–water partition coefficient (Wildman–Crippen LogP) is 12.5. The smallest absolute Gasteiger partial charge is 0.268 e. The van der Waals surface area contributed by atoms with Crippen LogP contribution in [0.25, 0.3) is 0 Å². The van der Waals surface area contributed by atoms with Crippen LogP contribution in [0.3, 0.4) is 0 Å². The zero-order chi connectivity index (χ0) is 41.4. The van der Waals surface area contributed by atoms with Crippen LogP contribution >= 0.6 is 7.82 Å². The average molecular weight is 811 g/mol. The molecule has 0 heterocycles. The van der Waals surface area contributed by atoms with Crippen LogP contribution in [0, 0.1) is 0 Å². The lowest BCUT2D eigenvalue weighted by Gasteiger charge is -2.29. The molecule has 0 saturated carbocycles. The van der Waals surface area contributed by atoms with Gasteiger partial charge >= 0.3 is 0 Å². The Hall–Kier alpha value is -1.28. The Balaban J connectivity index is 4.38. The van der Waals surface area contributed by atoms with E-state index in [0.717, 1.165) is 38.5 Å². The third-order valence-corrected chi connectivity index (χ3v) is 11.3. The molecule has 0 spiro atoms. The van der Waals surface area contributed by atoms with E-state index in [9.17, 15) is 19.4 Å². The second-order valence-corrected chi connectivity index (χ2v) is 18.6. The number of unbranched alkanes of at least 4 members (excludes halogenated alkanes) is 26. The minimum atomic E-state index is -4.59. The number of phosphoric acid groups is 1. The van der Waals surface area contributed by atoms with Gasteiger partial charge in [-0.3, -0.25) is 9.36 Å². The summed E-state index contributed by atoms with van der Waals surface area (Å²) >= 11 is 0. The Bertz CT molecular complexity index is 1010. The van der Waals surface area contributed by atoms with Crippen molar-refractivity contribution in [3.8, 4) is 0 Å². The molecule has 9 heteroatoms. The van der Waals surface area contributed by atoms with Crippen LogP contribution in [0.4, 0.5) is 0 Å². The second kappa shape index (κ2) is 39.2. The van der Waals surface area contributed by atoms with Crippen molar-refractivity contribution in [3.05, 3.63) is 36.5 Å². The van der Waals surface area contributed by atoms with E-state index in [1.54, 1.807) is 6.08 Å². The zero-order valence-corrected chi connectivity index (χ0v) is 38.2. The Morgan fingerprint density at radius 1 is 0.625 bits per heavy atom. The number of phosphoric ester groups is 1.